The van der Waals surface area contributed by atoms with Gasteiger partial charge in [-0.3, -0.25) is 0 Å². The van der Waals surface area contributed by atoms with Gasteiger partial charge in [0, 0.05) is 7.11 Å². The minimum Gasteiger partial charge on any atom is -0.377 e. The van der Waals surface area contributed by atoms with E-state index in [1.165, 1.54) is 16.7 Å². The fraction of sp³-hybridized carbons (Fsp3) is 0.368. The Labute approximate surface area is 128 Å². The topological polar surface area (TPSA) is 21.3 Å². The van der Waals surface area contributed by atoms with Crippen LogP contribution in [0.2, 0.25) is 0 Å². The zero-order chi connectivity index (χ0) is 15.3. The van der Waals surface area contributed by atoms with Crippen molar-refractivity contribution in [2.45, 2.75) is 31.9 Å². The highest BCUT2D eigenvalue weighted by Gasteiger charge is 2.32. The molecule has 2 unspecified atom stereocenters. The Bertz CT molecular complexity index is 544. The Morgan fingerprint density at radius 1 is 1.00 bits per heavy atom. The van der Waals surface area contributed by atoms with Gasteiger partial charge in [0.1, 0.15) is 0 Å². The molecule has 2 aromatic carbocycles. The number of methoxy groups -OCH3 is 1. The van der Waals surface area contributed by atoms with Crippen LogP contribution in [0.5, 0.6) is 0 Å². The fourth-order valence-electron chi connectivity index (χ4n) is 2.79. The molecule has 0 aliphatic rings. The number of hydrogen-bond donors (Lipinski definition) is 1. The summed E-state index contributed by atoms with van der Waals surface area (Å²) in [5, 5.41) is 3.40. The van der Waals surface area contributed by atoms with Crippen LogP contribution in [0.4, 0.5) is 0 Å². The number of rotatable bonds is 6. The second-order valence-electron chi connectivity index (χ2n) is 5.58. The molecule has 2 rings (SSSR count). The highest BCUT2D eigenvalue weighted by Crippen LogP contribution is 2.32. The molecule has 0 saturated heterocycles. The van der Waals surface area contributed by atoms with E-state index in [2.05, 4.69) is 67.7 Å². The normalized spacial score (nSPS) is 15.4. The molecule has 21 heavy (non-hydrogen) atoms. The van der Waals surface area contributed by atoms with Crippen LogP contribution in [0.1, 0.15) is 31.9 Å². The average Bonchev–Trinajstić information content (AvgIpc) is 2.56. The summed E-state index contributed by atoms with van der Waals surface area (Å²) >= 11 is 0. The SMILES string of the molecule is CCC(C)(OC)C(NC)c1ccc(-c2ccccc2)cc1. The first-order valence-electron chi connectivity index (χ1n) is 7.52. The maximum Gasteiger partial charge on any atom is 0.0841 e. The minimum absolute atomic E-state index is 0.178. The van der Waals surface area contributed by atoms with Crippen LogP contribution in [0.3, 0.4) is 0 Å². The smallest absolute Gasteiger partial charge is 0.0841 e. The highest BCUT2D eigenvalue weighted by atomic mass is 16.5. The van der Waals surface area contributed by atoms with E-state index in [0.717, 1.165) is 6.42 Å². The van der Waals surface area contributed by atoms with E-state index in [1.807, 2.05) is 13.1 Å². The third-order valence-corrected chi connectivity index (χ3v) is 4.42. The highest BCUT2D eigenvalue weighted by molar-refractivity contribution is 5.63. The summed E-state index contributed by atoms with van der Waals surface area (Å²) in [5.41, 5.74) is 3.53. The summed E-state index contributed by atoms with van der Waals surface area (Å²) < 4.78 is 5.75. The largest absolute Gasteiger partial charge is 0.377 e. The average molecular weight is 283 g/mol. The number of hydrogen-bond acceptors (Lipinski definition) is 2. The molecule has 0 amide bonds. The first-order valence-corrected chi connectivity index (χ1v) is 7.52. The lowest BCUT2D eigenvalue weighted by Crippen LogP contribution is -2.41. The van der Waals surface area contributed by atoms with Gasteiger partial charge in [0.25, 0.3) is 0 Å². The summed E-state index contributed by atoms with van der Waals surface area (Å²) in [4.78, 5) is 0. The number of benzene rings is 2. The van der Waals surface area contributed by atoms with Crippen molar-refractivity contribution in [2.75, 3.05) is 14.2 Å². The van der Waals surface area contributed by atoms with Gasteiger partial charge >= 0.3 is 0 Å². The van der Waals surface area contributed by atoms with Crippen LogP contribution in [0, 0.1) is 0 Å². The van der Waals surface area contributed by atoms with Crippen molar-refractivity contribution >= 4 is 0 Å². The molecule has 1 N–H and O–H groups in total. The molecule has 0 heterocycles. The monoisotopic (exact) mass is 283 g/mol. The molecule has 0 fully saturated rings. The van der Waals surface area contributed by atoms with Gasteiger partial charge in [-0.25, -0.2) is 0 Å². The number of likely N-dealkylation sites (N-methyl/N-ethyl adjacent to an activating group) is 1. The Morgan fingerprint density at radius 3 is 2.05 bits per heavy atom. The quantitative estimate of drug-likeness (QED) is 0.847. The van der Waals surface area contributed by atoms with Crippen LogP contribution in [0.25, 0.3) is 11.1 Å². The Hall–Kier alpha value is -1.64. The van der Waals surface area contributed by atoms with Gasteiger partial charge in [-0.05, 0) is 37.1 Å². The molecule has 0 radical (unpaired) electrons. The first-order chi connectivity index (χ1) is 10.1. The lowest BCUT2D eigenvalue weighted by Gasteiger charge is -2.36. The van der Waals surface area contributed by atoms with Crippen molar-refractivity contribution in [3.8, 4) is 11.1 Å². The molecule has 0 aliphatic heterocycles. The molecule has 0 saturated carbocycles. The lowest BCUT2D eigenvalue weighted by molar-refractivity contribution is -0.0280. The van der Waals surface area contributed by atoms with E-state index in [1.54, 1.807) is 7.11 Å². The lowest BCUT2D eigenvalue weighted by atomic mass is 9.87. The molecular formula is C19H25NO. The number of ether oxygens (including phenoxy) is 1. The van der Waals surface area contributed by atoms with Crippen LogP contribution < -0.4 is 5.32 Å². The van der Waals surface area contributed by atoms with Gasteiger partial charge in [-0.15, -0.1) is 0 Å². The van der Waals surface area contributed by atoms with Crippen LogP contribution in [-0.2, 0) is 4.74 Å². The van der Waals surface area contributed by atoms with Gasteiger partial charge in [0.05, 0.1) is 11.6 Å². The Balaban J connectivity index is 2.29. The molecule has 0 aliphatic carbocycles. The second-order valence-corrected chi connectivity index (χ2v) is 5.58. The molecule has 2 nitrogen and oxygen atoms in total. The van der Waals surface area contributed by atoms with E-state index >= 15 is 0 Å². The molecule has 0 spiro atoms. The summed E-state index contributed by atoms with van der Waals surface area (Å²) in [6.07, 6.45) is 0.954. The zero-order valence-corrected chi connectivity index (χ0v) is 13.4. The molecule has 2 heteroatoms. The first kappa shape index (κ1) is 15.7. The van der Waals surface area contributed by atoms with Crippen molar-refractivity contribution in [1.82, 2.24) is 5.32 Å². The zero-order valence-electron chi connectivity index (χ0n) is 13.4. The maximum atomic E-state index is 5.75. The van der Waals surface area contributed by atoms with E-state index in [9.17, 15) is 0 Å². The summed E-state index contributed by atoms with van der Waals surface area (Å²) in [5.74, 6) is 0. The van der Waals surface area contributed by atoms with Crippen LogP contribution in [0.15, 0.2) is 54.6 Å². The molecular weight excluding hydrogens is 258 g/mol. The van der Waals surface area contributed by atoms with Crippen LogP contribution in [-0.4, -0.2) is 19.8 Å². The molecule has 2 atom stereocenters. The Kier molecular flexibility index (Phi) is 5.16. The third kappa shape index (κ3) is 3.34. The van der Waals surface area contributed by atoms with Crippen molar-refractivity contribution in [2.24, 2.45) is 0 Å². The molecule has 0 bridgehead atoms. The predicted molar refractivity (Wildman–Crippen MR) is 89.4 cm³/mol. The summed E-state index contributed by atoms with van der Waals surface area (Å²) in [6, 6.07) is 19.4. The minimum atomic E-state index is -0.205. The van der Waals surface area contributed by atoms with E-state index in [4.69, 9.17) is 4.74 Å². The third-order valence-electron chi connectivity index (χ3n) is 4.42. The summed E-state index contributed by atoms with van der Waals surface area (Å²) in [6.45, 7) is 4.31. The van der Waals surface area contributed by atoms with Crippen molar-refractivity contribution in [1.29, 1.82) is 0 Å². The fourth-order valence-corrected chi connectivity index (χ4v) is 2.79. The second kappa shape index (κ2) is 6.88. The van der Waals surface area contributed by atoms with E-state index in [-0.39, 0.29) is 11.6 Å². The molecule has 2 aromatic rings. The van der Waals surface area contributed by atoms with Gasteiger partial charge < -0.3 is 10.1 Å². The van der Waals surface area contributed by atoms with Crippen molar-refractivity contribution in [3.05, 3.63) is 60.2 Å². The molecule has 0 aromatic heterocycles. The standard InChI is InChI=1S/C19H25NO/c1-5-19(2,21-4)18(20-3)17-13-11-16(12-14-17)15-9-7-6-8-10-15/h6-14,18,20H,5H2,1-4H3. The Morgan fingerprint density at radius 2 is 1.57 bits per heavy atom. The van der Waals surface area contributed by atoms with Gasteiger partial charge in [0.15, 0.2) is 0 Å². The van der Waals surface area contributed by atoms with Gasteiger partial charge in [-0.1, -0.05) is 61.5 Å². The maximum absolute atomic E-state index is 5.75. The van der Waals surface area contributed by atoms with Crippen molar-refractivity contribution < 1.29 is 4.74 Å². The van der Waals surface area contributed by atoms with Gasteiger partial charge in [0.2, 0.25) is 0 Å². The predicted octanol–water partition coefficient (Wildman–Crippen LogP) is 4.43. The van der Waals surface area contributed by atoms with Gasteiger partial charge in [-0.2, -0.15) is 0 Å². The molecule has 112 valence electrons. The van der Waals surface area contributed by atoms with Crippen LogP contribution >= 0.6 is 0 Å². The summed E-state index contributed by atoms with van der Waals surface area (Å²) in [7, 11) is 3.77. The van der Waals surface area contributed by atoms with E-state index < -0.39 is 0 Å². The van der Waals surface area contributed by atoms with Crippen molar-refractivity contribution in [3.63, 3.8) is 0 Å². The number of nitrogens with one attached hydrogen (secondary N) is 1. The van der Waals surface area contributed by atoms with E-state index in [0.29, 0.717) is 0 Å².